The van der Waals surface area contributed by atoms with Crippen LogP contribution >= 0.6 is 23.2 Å². The number of rotatable bonds is 5. The third-order valence-corrected chi connectivity index (χ3v) is 2.95. The van der Waals surface area contributed by atoms with E-state index in [1.807, 2.05) is 19.9 Å². The van der Waals surface area contributed by atoms with Crippen LogP contribution in [0.1, 0.15) is 19.4 Å². The molecule has 0 aliphatic carbocycles. The fourth-order valence-corrected chi connectivity index (χ4v) is 1.82. The highest BCUT2D eigenvalue weighted by atomic mass is 35.5. The summed E-state index contributed by atoms with van der Waals surface area (Å²) < 4.78 is 0. The van der Waals surface area contributed by atoms with Gasteiger partial charge in [0.2, 0.25) is 5.91 Å². The van der Waals surface area contributed by atoms with Crippen LogP contribution in [-0.2, 0) is 11.3 Å². The van der Waals surface area contributed by atoms with Gasteiger partial charge in [-0.2, -0.15) is 0 Å². The number of nitrogens with one attached hydrogen (secondary N) is 2. The van der Waals surface area contributed by atoms with Crippen LogP contribution in [0.3, 0.4) is 0 Å². The van der Waals surface area contributed by atoms with E-state index in [2.05, 4.69) is 10.6 Å². The van der Waals surface area contributed by atoms with Gasteiger partial charge in [0, 0.05) is 23.1 Å². The van der Waals surface area contributed by atoms with Crippen LogP contribution in [0, 0.1) is 0 Å². The van der Waals surface area contributed by atoms with E-state index < -0.39 is 0 Å². The van der Waals surface area contributed by atoms with Gasteiger partial charge in [-0.15, -0.1) is 0 Å². The van der Waals surface area contributed by atoms with Crippen LogP contribution in [0.2, 0.25) is 10.0 Å². The highest BCUT2D eigenvalue weighted by molar-refractivity contribution is 6.35. The molecule has 1 aromatic rings. The summed E-state index contributed by atoms with van der Waals surface area (Å²) in [4.78, 5) is 11.5. The molecule has 0 aliphatic rings. The average Bonchev–Trinajstić information content (AvgIpc) is 2.27. The van der Waals surface area contributed by atoms with Crippen LogP contribution < -0.4 is 10.6 Å². The van der Waals surface area contributed by atoms with E-state index in [0.717, 1.165) is 5.56 Å². The Morgan fingerprint density at radius 2 is 2.12 bits per heavy atom. The molecule has 1 rings (SSSR count). The molecule has 0 fully saturated rings. The second kappa shape index (κ2) is 6.84. The fourth-order valence-electron chi connectivity index (χ4n) is 1.35. The van der Waals surface area contributed by atoms with Gasteiger partial charge in [-0.3, -0.25) is 4.79 Å². The minimum absolute atomic E-state index is 0.0161. The van der Waals surface area contributed by atoms with Gasteiger partial charge in [0.05, 0.1) is 6.04 Å². The van der Waals surface area contributed by atoms with Gasteiger partial charge in [0.25, 0.3) is 0 Å². The van der Waals surface area contributed by atoms with Gasteiger partial charge < -0.3 is 10.6 Å². The zero-order chi connectivity index (χ0) is 12.8. The molecule has 1 aromatic carbocycles. The molecular weight excluding hydrogens is 259 g/mol. The smallest absolute Gasteiger partial charge is 0.236 e. The summed E-state index contributed by atoms with van der Waals surface area (Å²) in [5.41, 5.74) is 0.923. The van der Waals surface area contributed by atoms with Gasteiger partial charge in [0.15, 0.2) is 0 Å². The van der Waals surface area contributed by atoms with Crippen molar-refractivity contribution in [1.82, 2.24) is 10.6 Å². The van der Waals surface area contributed by atoms with Crippen molar-refractivity contribution in [3.63, 3.8) is 0 Å². The SMILES string of the molecule is CCNC(=O)C(C)NCc1ccc(Cl)cc1Cl. The van der Waals surface area contributed by atoms with Crippen LogP contribution in [0.25, 0.3) is 0 Å². The number of likely N-dealkylation sites (N-methyl/N-ethyl adjacent to an activating group) is 1. The van der Waals surface area contributed by atoms with Crippen molar-refractivity contribution in [1.29, 1.82) is 0 Å². The van der Waals surface area contributed by atoms with Crippen LogP contribution in [0.4, 0.5) is 0 Å². The van der Waals surface area contributed by atoms with E-state index in [1.54, 1.807) is 12.1 Å². The lowest BCUT2D eigenvalue weighted by molar-refractivity contribution is -0.122. The number of benzene rings is 1. The summed E-state index contributed by atoms with van der Waals surface area (Å²) in [5, 5.41) is 7.07. The lowest BCUT2D eigenvalue weighted by Gasteiger charge is -2.14. The summed E-state index contributed by atoms with van der Waals surface area (Å²) in [6.07, 6.45) is 0. The summed E-state index contributed by atoms with van der Waals surface area (Å²) in [6, 6.07) is 5.07. The standard InChI is InChI=1S/C12H16Cl2N2O/c1-3-15-12(17)8(2)16-7-9-4-5-10(13)6-11(9)14/h4-6,8,16H,3,7H2,1-2H3,(H,15,17). The Bertz CT molecular complexity index is 396. The zero-order valence-corrected chi connectivity index (χ0v) is 11.4. The van der Waals surface area contributed by atoms with Gasteiger partial charge in [0.1, 0.15) is 0 Å². The molecule has 3 nitrogen and oxygen atoms in total. The minimum atomic E-state index is -0.248. The number of carbonyl (C=O) groups excluding carboxylic acids is 1. The van der Waals surface area contributed by atoms with Crippen LogP contribution in [0.5, 0.6) is 0 Å². The largest absolute Gasteiger partial charge is 0.355 e. The van der Waals surface area contributed by atoms with E-state index in [1.165, 1.54) is 0 Å². The van der Waals surface area contributed by atoms with E-state index >= 15 is 0 Å². The predicted molar refractivity (Wildman–Crippen MR) is 71.4 cm³/mol. The van der Waals surface area contributed by atoms with Crippen LogP contribution in [0.15, 0.2) is 18.2 Å². The molecule has 0 saturated heterocycles. The van der Waals surface area contributed by atoms with Crippen molar-refractivity contribution >= 4 is 29.1 Å². The molecule has 0 heterocycles. The number of carbonyl (C=O) groups is 1. The number of hydrogen-bond donors (Lipinski definition) is 2. The molecule has 94 valence electrons. The lowest BCUT2D eigenvalue weighted by Crippen LogP contribution is -2.41. The van der Waals surface area contributed by atoms with Crippen molar-refractivity contribution in [3.8, 4) is 0 Å². The third kappa shape index (κ3) is 4.54. The average molecular weight is 275 g/mol. The molecule has 17 heavy (non-hydrogen) atoms. The Balaban J connectivity index is 2.52. The maximum Gasteiger partial charge on any atom is 0.236 e. The van der Waals surface area contributed by atoms with Crippen molar-refractivity contribution in [2.75, 3.05) is 6.54 Å². The number of hydrogen-bond acceptors (Lipinski definition) is 2. The van der Waals surface area contributed by atoms with Crippen molar-refractivity contribution in [3.05, 3.63) is 33.8 Å². The molecule has 0 aromatic heterocycles. The quantitative estimate of drug-likeness (QED) is 0.867. The molecule has 0 radical (unpaired) electrons. The highest BCUT2D eigenvalue weighted by Gasteiger charge is 2.11. The highest BCUT2D eigenvalue weighted by Crippen LogP contribution is 2.20. The van der Waals surface area contributed by atoms with E-state index in [0.29, 0.717) is 23.1 Å². The molecule has 1 atom stereocenters. The molecule has 0 saturated carbocycles. The molecule has 1 amide bonds. The van der Waals surface area contributed by atoms with Gasteiger partial charge in [-0.1, -0.05) is 29.3 Å². The first-order chi connectivity index (χ1) is 8.04. The van der Waals surface area contributed by atoms with Gasteiger partial charge >= 0.3 is 0 Å². The van der Waals surface area contributed by atoms with Crippen molar-refractivity contribution in [2.24, 2.45) is 0 Å². The first-order valence-corrected chi connectivity index (χ1v) is 6.25. The fraction of sp³-hybridized carbons (Fsp3) is 0.417. The maximum atomic E-state index is 11.5. The molecule has 1 unspecified atom stereocenters. The maximum absolute atomic E-state index is 11.5. The Morgan fingerprint density at radius 3 is 2.71 bits per heavy atom. The summed E-state index contributed by atoms with van der Waals surface area (Å²) in [7, 11) is 0. The van der Waals surface area contributed by atoms with Gasteiger partial charge in [-0.25, -0.2) is 0 Å². The van der Waals surface area contributed by atoms with Gasteiger partial charge in [-0.05, 0) is 31.5 Å². The molecule has 0 bridgehead atoms. The second-order valence-electron chi connectivity index (χ2n) is 3.73. The monoisotopic (exact) mass is 274 g/mol. The third-order valence-electron chi connectivity index (χ3n) is 2.36. The van der Waals surface area contributed by atoms with E-state index in [9.17, 15) is 4.79 Å². The minimum Gasteiger partial charge on any atom is -0.355 e. The Morgan fingerprint density at radius 1 is 1.41 bits per heavy atom. The first-order valence-electron chi connectivity index (χ1n) is 5.49. The predicted octanol–water partition coefficient (Wildman–Crippen LogP) is 2.61. The van der Waals surface area contributed by atoms with Crippen molar-refractivity contribution < 1.29 is 4.79 Å². The Labute approximate surface area is 111 Å². The van der Waals surface area contributed by atoms with Crippen molar-refractivity contribution in [2.45, 2.75) is 26.4 Å². The summed E-state index contributed by atoms with van der Waals surface area (Å²) >= 11 is 11.8. The van der Waals surface area contributed by atoms with E-state index in [-0.39, 0.29) is 11.9 Å². The molecule has 2 N–H and O–H groups in total. The second-order valence-corrected chi connectivity index (χ2v) is 4.58. The Kier molecular flexibility index (Phi) is 5.75. The number of halogens is 2. The molecule has 0 spiro atoms. The van der Waals surface area contributed by atoms with E-state index in [4.69, 9.17) is 23.2 Å². The summed E-state index contributed by atoms with van der Waals surface area (Å²) in [6.45, 7) is 4.87. The molecule has 5 heteroatoms. The Hall–Kier alpha value is -0.770. The topological polar surface area (TPSA) is 41.1 Å². The molecular formula is C12H16Cl2N2O. The summed E-state index contributed by atoms with van der Waals surface area (Å²) in [5.74, 6) is -0.0161. The first kappa shape index (κ1) is 14.3. The molecule has 0 aliphatic heterocycles. The number of amides is 1. The van der Waals surface area contributed by atoms with Crippen LogP contribution in [-0.4, -0.2) is 18.5 Å². The normalized spacial score (nSPS) is 12.2. The zero-order valence-electron chi connectivity index (χ0n) is 9.89. The lowest BCUT2D eigenvalue weighted by atomic mass is 10.2.